The van der Waals surface area contributed by atoms with Crippen molar-refractivity contribution in [3.8, 4) is 0 Å². The summed E-state index contributed by atoms with van der Waals surface area (Å²) in [6.45, 7) is 16.1. The van der Waals surface area contributed by atoms with E-state index in [9.17, 15) is 18.9 Å². The molecule has 1 aromatic rings. The van der Waals surface area contributed by atoms with Crippen LogP contribution >= 0.6 is 7.44 Å². The van der Waals surface area contributed by atoms with Gasteiger partial charge in [0.2, 0.25) is 13.4 Å². The molecule has 0 heterocycles. The van der Waals surface area contributed by atoms with E-state index in [2.05, 4.69) is 36.2 Å². The van der Waals surface area contributed by atoms with E-state index in [-0.39, 0.29) is 56.6 Å². The number of rotatable bonds is 20. The van der Waals surface area contributed by atoms with Crippen LogP contribution in [0.4, 0.5) is 0 Å². The van der Waals surface area contributed by atoms with Crippen molar-refractivity contribution in [2.75, 3.05) is 26.4 Å². The van der Waals surface area contributed by atoms with Crippen LogP contribution in [0, 0.1) is 11.8 Å². The summed E-state index contributed by atoms with van der Waals surface area (Å²) in [5.74, 6) is -0.615. The first-order valence-corrected chi connectivity index (χ1v) is 17.1. The van der Waals surface area contributed by atoms with Crippen LogP contribution in [-0.2, 0) is 39.9 Å². The molecule has 0 saturated heterocycles. The van der Waals surface area contributed by atoms with Crippen LogP contribution in [0.1, 0.15) is 98.1 Å². The first kappa shape index (κ1) is 37.8. The largest absolute Gasteiger partial charge is 0.465 e. The topological polar surface area (TPSA) is 123 Å². The second kappa shape index (κ2) is 19.1. The van der Waals surface area contributed by atoms with E-state index in [0.29, 0.717) is 18.8 Å². The Bertz CT molecular complexity index is 976. The molecule has 11 heteroatoms. The Morgan fingerprint density at radius 3 is 1.71 bits per heavy atom. The van der Waals surface area contributed by atoms with Gasteiger partial charge in [-0.2, -0.15) is 0 Å². The van der Waals surface area contributed by atoms with Crippen LogP contribution in [-0.4, -0.2) is 61.4 Å². The third-order valence-electron chi connectivity index (χ3n) is 6.57. The molecule has 2 atom stereocenters. The maximum Gasteiger partial charge on any atom is 0.323 e. The van der Waals surface area contributed by atoms with Crippen molar-refractivity contribution < 1.29 is 33.3 Å². The SMILES string of the molecule is CCOC(=O)[C@H](CC(C)C)NP(=O)(CCCC(=O)N(C)OCc1ccc(C(C)C)cc1)N[C@@H](CC(C)C)C(=O)OCC. The molecule has 0 radical (unpaired) electrons. The fourth-order valence-corrected chi connectivity index (χ4v) is 6.72. The molecule has 0 unspecified atom stereocenters. The predicted octanol–water partition coefficient (Wildman–Crippen LogP) is 5.81. The van der Waals surface area contributed by atoms with Gasteiger partial charge in [-0.15, -0.1) is 0 Å². The lowest BCUT2D eigenvalue weighted by Gasteiger charge is -2.30. The van der Waals surface area contributed by atoms with Crippen molar-refractivity contribution in [1.82, 2.24) is 15.2 Å². The van der Waals surface area contributed by atoms with E-state index in [1.165, 1.54) is 10.6 Å². The van der Waals surface area contributed by atoms with Crippen molar-refractivity contribution in [1.29, 1.82) is 0 Å². The summed E-state index contributed by atoms with van der Waals surface area (Å²) in [6, 6.07) is 6.39. The number of amides is 1. The minimum absolute atomic E-state index is 0.0330. The molecule has 0 aliphatic heterocycles. The maximum atomic E-state index is 14.4. The lowest BCUT2D eigenvalue weighted by Crippen LogP contribution is -2.45. The van der Waals surface area contributed by atoms with Crippen LogP contribution < -0.4 is 10.2 Å². The monoisotopic (exact) mass is 611 g/mol. The number of carbonyl (C=O) groups is 3. The zero-order valence-electron chi connectivity index (χ0n) is 27.1. The van der Waals surface area contributed by atoms with Crippen molar-refractivity contribution in [2.45, 2.75) is 106 Å². The summed E-state index contributed by atoms with van der Waals surface area (Å²) in [6.07, 6.45) is 1.13. The number of hydrogen-bond acceptors (Lipinski definition) is 7. The van der Waals surface area contributed by atoms with Crippen LogP contribution in [0.15, 0.2) is 24.3 Å². The molecule has 1 aromatic carbocycles. The van der Waals surface area contributed by atoms with Gasteiger partial charge in [0.15, 0.2) is 0 Å². The van der Waals surface area contributed by atoms with Crippen molar-refractivity contribution in [3.05, 3.63) is 35.4 Å². The number of nitrogens with zero attached hydrogens (tertiary/aromatic N) is 1. The quantitative estimate of drug-likeness (QED) is 0.107. The van der Waals surface area contributed by atoms with Crippen LogP contribution in [0.5, 0.6) is 0 Å². The van der Waals surface area contributed by atoms with Crippen LogP contribution in [0.2, 0.25) is 0 Å². The van der Waals surface area contributed by atoms with Gasteiger partial charge in [-0.05, 0) is 62.0 Å². The third-order valence-corrected chi connectivity index (χ3v) is 8.97. The second-order valence-electron chi connectivity index (χ2n) is 11.8. The number of hydroxylamine groups is 2. The van der Waals surface area contributed by atoms with Gasteiger partial charge in [-0.25, -0.2) is 15.2 Å². The highest BCUT2D eigenvalue weighted by Gasteiger charge is 2.35. The Balaban J connectivity index is 2.99. The van der Waals surface area contributed by atoms with E-state index in [4.69, 9.17) is 14.3 Å². The van der Waals surface area contributed by atoms with Gasteiger partial charge in [-0.1, -0.05) is 65.8 Å². The average molecular weight is 612 g/mol. The minimum Gasteiger partial charge on any atom is -0.465 e. The van der Waals surface area contributed by atoms with E-state index >= 15 is 0 Å². The number of nitrogens with one attached hydrogen (secondary N) is 2. The standard InChI is InChI=1S/C31H54N3O7P/c1-10-39-30(36)27(19-22(3)4)32-42(38,33-28(20-23(5)6)31(37)40-11-2)18-12-13-29(35)34(9)41-21-25-14-16-26(17-15-25)24(7)8/h14-17,22-24,27-28H,10-13,18-21H2,1-9H3,(H2,32,33,38)/t27-,28-/m0/s1. The summed E-state index contributed by atoms with van der Waals surface area (Å²) in [5, 5.41) is 7.23. The van der Waals surface area contributed by atoms with Gasteiger partial charge in [0, 0.05) is 19.6 Å². The zero-order valence-corrected chi connectivity index (χ0v) is 28.0. The maximum absolute atomic E-state index is 14.4. The molecule has 1 amide bonds. The number of esters is 2. The lowest BCUT2D eigenvalue weighted by molar-refractivity contribution is -0.182. The van der Waals surface area contributed by atoms with Crippen LogP contribution in [0.25, 0.3) is 0 Å². The smallest absolute Gasteiger partial charge is 0.323 e. The normalized spacial score (nSPS) is 13.3. The van der Waals surface area contributed by atoms with E-state index < -0.39 is 31.5 Å². The Morgan fingerprint density at radius 2 is 1.31 bits per heavy atom. The lowest BCUT2D eigenvalue weighted by atomic mass is 10.0. The Kier molecular flexibility index (Phi) is 17.2. The Labute approximate surface area is 253 Å². The molecule has 0 bridgehead atoms. The summed E-state index contributed by atoms with van der Waals surface area (Å²) in [4.78, 5) is 44.0. The fraction of sp³-hybridized carbons (Fsp3) is 0.710. The van der Waals surface area contributed by atoms with Gasteiger partial charge < -0.3 is 9.47 Å². The van der Waals surface area contributed by atoms with Gasteiger partial charge in [-0.3, -0.25) is 23.8 Å². The first-order chi connectivity index (χ1) is 19.7. The highest BCUT2D eigenvalue weighted by Crippen LogP contribution is 2.40. The molecule has 2 N–H and O–H groups in total. The Morgan fingerprint density at radius 1 is 0.833 bits per heavy atom. The molecule has 0 saturated carbocycles. The number of hydrogen-bond donors (Lipinski definition) is 2. The molecule has 240 valence electrons. The zero-order chi connectivity index (χ0) is 31.9. The molecule has 0 fully saturated rings. The van der Waals surface area contributed by atoms with Gasteiger partial charge >= 0.3 is 11.9 Å². The minimum atomic E-state index is -3.58. The first-order valence-electron chi connectivity index (χ1n) is 15.2. The number of benzene rings is 1. The molecule has 10 nitrogen and oxygen atoms in total. The summed E-state index contributed by atoms with van der Waals surface area (Å²) in [5.41, 5.74) is 2.18. The van der Waals surface area contributed by atoms with E-state index in [1.54, 1.807) is 20.9 Å². The second-order valence-corrected chi connectivity index (χ2v) is 14.2. The van der Waals surface area contributed by atoms with Crippen molar-refractivity contribution in [2.24, 2.45) is 11.8 Å². The highest BCUT2D eigenvalue weighted by atomic mass is 31.2. The predicted molar refractivity (Wildman–Crippen MR) is 166 cm³/mol. The average Bonchev–Trinajstić information content (AvgIpc) is 2.90. The van der Waals surface area contributed by atoms with Crippen LogP contribution in [0.3, 0.4) is 0 Å². The fourth-order valence-electron chi connectivity index (χ4n) is 4.35. The Hall–Kier alpha value is -2.26. The molecule has 0 spiro atoms. The van der Waals surface area contributed by atoms with Gasteiger partial charge in [0.25, 0.3) is 0 Å². The van der Waals surface area contributed by atoms with E-state index in [1.807, 2.05) is 39.8 Å². The third kappa shape index (κ3) is 14.3. The molecular formula is C31H54N3O7P. The molecule has 42 heavy (non-hydrogen) atoms. The van der Waals surface area contributed by atoms with E-state index in [0.717, 1.165) is 5.56 Å². The molecule has 0 aliphatic rings. The summed E-state index contributed by atoms with van der Waals surface area (Å²) >= 11 is 0. The van der Waals surface area contributed by atoms with Crippen molar-refractivity contribution >= 4 is 25.3 Å². The highest BCUT2D eigenvalue weighted by molar-refractivity contribution is 7.59. The van der Waals surface area contributed by atoms with Crippen molar-refractivity contribution in [3.63, 3.8) is 0 Å². The molecule has 1 rings (SSSR count). The van der Waals surface area contributed by atoms with Gasteiger partial charge in [0.1, 0.15) is 18.7 Å². The molecular weight excluding hydrogens is 557 g/mol. The van der Waals surface area contributed by atoms with Gasteiger partial charge in [0.05, 0.1) is 13.2 Å². The molecule has 0 aromatic heterocycles. The summed E-state index contributed by atoms with van der Waals surface area (Å²) in [7, 11) is -2.02. The summed E-state index contributed by atoms with van der Waals surface area (Å²) < 4.78 is 24.8. The number of ether oxygens (including phenoxy) is 2. The number of carbonyl (C=O) groups excluding carboxylic acids is 3. The molecule has 0 aliphatic carbocycles.